The first kappa shape index (κ1) is 12.8. The molecule has 98 valence electrons. The summed E-state index contributed by atoms with van der Waals surface area (Å²) in [7, 11) is 1.63. The second kappa shape index (κ2) is 5.32. The minimum absolute atomic E-state index is 0.111. The number of pyridine rings is 1. The topological polar surface area (TPSA) is 71.8 Å². The normalized spacial score (nSPS) is 19.9. The van der Waals surface area contributed by atoms with Crippen molar-refractivity contribution in [2.45, 2.75) is 6.10 Å². The number of nitrogens with zero attached hydrogens (tertiary/aromatic N) is 2. The summed E-state index contributed by atoms with van der Waals surface area (Å²) >= 11 is 0. The van der Waals surface area contributed by atoms with Gasteiger partial charge in [-0.2, -0.15) is 0 Å². The van der Waals surface area contributed by atoms with Crippen LogP contribution in [0.4, 0.5) is 0 Å². The van der Waals surface area contributed by atoms with E-state index in [2.05, 4.69) is 0 Å². The second-order valence-electron chi connectivity index (χ2n) is 4.29. The number of hydrogen-bond donors (Lipinski definition) is 1. The number of amides is 1. The fourth-order valence-electron chi connectivity index (χ4n) is 1.88. The average molecular weight is 252 g/mol. The molecule has 6 nitrogen and oxygen atoms in total. The lowest BCUT2D eigenvalue weighted by atomic mass is 10.2. The summed E-state index contributed by atoms with van der Waals surface area (Å²) in [6.45, 7) is 1.12. The molecule has 1 aliphatic heterocycles. The molecule has 6 heteroatoms. The van der Waals surface area contributed by atoms with Gasteiger partial charge in [0.2, 0.25) is 0 Å². The molecule has 0 aliphatic carbocycles. The van der Waals surface area contributed by atoms with Crippen LogP contribution in [0.25, 0.3) is 0 Å². The first-order valence-electron chi connectivity index (χ1n) is 5.80. The molecule has 1 aromatic rings. The summed E-state index contributed by atoms with van der Waals surface area (Å²) in [4.78, 5) is 25.2. The lowest BCUT2D eigenvalue weighted by Crippen LogP contribution is -2.47. The number of aliphatic hydroxyl groups excluding tert-OH is 1. The van der Waals surface area contributed by atoms with Gasteiger partial charge in [-0.15, -0.1) is 0 Å². The maximum atomic E-state index is 12.2. The lowest BCUT2D eigenvalue weighted by molar-refractivity contribution is -0.0447. The van der Waals surface area contributed by atoms with E-state index >= 15 is 0 Å². The Labute approximate surface area is 104 Å². The molecule has 1 unspecified atom stereocenters. The highest BCUT2D eigenvalue weighted by molar-refractivity contribution is 5.94. The van der Waals surface area contributed by atoms with E-state index in [1.807, 2.05) is 0 Å². The van der Waals surface area contributed by atoms with Crippen LogP contribution in [0, 0.1) is 0 Å². The number of carbonyl (C=O) groups excluding carboxylic acids is 1. The maximum Gasteiger partial charge on any atom is 0.254 e. The van der Waals surface area contributed by atoms with Crippen LogP contribution in [-0.2, 0) is 11.8 Å². The maximum absolute atomic E-state index is 12.2. The van der Waals surface area contributed by atoms with Crippen LogP contribution < -0.4 is 5.56 Å². The number of aliphatic hydroxyl groups is 1. The number of rotatable bonds is 2. The minimum atomic E-state index is -0.339. The van der Waals surface area contributed by atoms with E-state index in [1.165, 1.54) is 10.6 Å². The number of aromatic nitrogens is 1. The quantitative estimate of drug-likeness (QED) is 0.749. The Balaban J connectivity index is 2.15. The van der Waals surface area contributed by atoms with Crippen molar-refractivity contribution in [3.63, 3.8) is 0 Å². The van der Waals surface area contributed by atoms with Crippen LogP contribution in [0.15, 0.2) is 23.1 Å². The number of morpholine rings is 1. The number of ether oxygens (including phenoxy) is 1. The summed E-state index contributed by atoms with van der Waals surface area (Å²) in [5.41, 5.74) is 0.157. The van der Waals surface area contributed by atoms with Crippen LogP contribution in [0.3, 0.4) is 0 Å². The molecular formula is C12H16N2O4. The van der Waals surface area contributed by atoms with Gasteiger partial charge in [0.05, 0.1) is 19.3 Å². The molecule has 0 aromatic carbocycles. The molecule has 1 amide bonds. The van der Waals surface area contributed by atoms with Gasteiger partial charge in [0.15, 0.2) is 0 Å². The SMILES string of the molecule is Cn1ccc(C(=O)N2CCOC(CO)C2)cc1=O. The Bertz CT molecular complexity index is 497. The van der Waals surface area contributed by atoms with Crippen LogP contribution in [-0.4, -0.2) is 52.9 Å². The Morgan fingerprint density at radius 1 is 1.61 bits per heavy atom. The lowest BCUT2D eigenvalue weighted by Gasteiger charge is -2.32. The van der Waals surface area contributed by atoms with Gasteiger partial charge in [0.25, 0.3) is 11.5 Å². The zero-order valence-corrected chi connectivity index (χ0v) is 10.2. The summed E-state index contributed by atoms with van der Waals surface area (Å²) in [5, 5.41) is 9.03. The van der Waals surface area contributed by atoms with Gasteiger partial charge < -0.3 is 19.3 Å². The number of aryl methyl sites for hydroxylation is 1. The predicted molar refractivity (Wildman–Crippen MR) is 64.4 cm³/mol. The molecule has 1 fully saturated rings. The molecule has 2 heterocycles. The smallest absolute Gasteiger partial charge is 0.254 e. The average Bonchev–Trinajstić information content (AvgIpc) is 2.41. The van der Waals surface area contributed by atoms with Crippen LogP contribution in [0.2, 0.25) is 0 Å². The third-order valence-corrected chi connectivity index (χ3v) is 2.98. The van der Waals surface area contributed by atoms with E-state index in [0.29, 0.717) is 25.3 Å². The van der Waals surface area contributed by atoms with Crippen LogP contribution in [0.5, 0.6) is 0 Å². The van der Waals surface area contributed by atoms with Gasteiger partial charge in [-0.3, -0.25) is 9.59 Å². The van der Waals surface area contributed by atoms with Crippen molar-refractivity contribution >= 4 is 5.91 Å². The Hall–Kier alpha value is -1.66. The van der Waals surface area contributed by atoms with Gasteiger partial charge in [-0.1, -0.05) is 0 Å². The molecule has 1 N–H and O–H groups in total. The van der Waals surface area contributed by atoms with E-state index in [0.717, 1.165) is 0 Å². The minimum Gasteiger partial charge on any atom is -0.394 e. The summed E-state index contributed by atoms with van der Waals surface area (Å²) in [6.07, 6.45) is 1.23. The van der Waals surface area contributed by atoms with E-state index in [9.17, 15) is 9.59 Å². The fourth-order valence-corrected chi connectivity index (χ4v) is 1.88. The molecular weight excluding hydrogens is 236 g/mol. The first-order valence-corrected chi connectivity index (χ1v) is 5.80. The standard InChI is InChI=1S/C12H16N2O4/c1-13-3-2-9(6-11(13)16)12(17)14-4-5-18-10(7-14)8-15/h2-3,6,10,15H,4-5,7-8H2,1H3. The van der Waals surface area contributed by atoms with Crippen molar-refractivity contribution in [1.29, 1.82) is 0 Å². The molecule has 1 saturated heterocycles. The third-order valence-electron chi connectivity index (χ3n) is 2.98. The van der Waals surface area contributed by atoms with E-state index in [4.69, 9.17) is 9.84 Å². The van der Waals surface area contributed by atoms with E-state index in [-0.39, 0.29) is 24.2 Å². The van der Waals surface area contributed by atoms with Gasteiger partial charge in [-0.05, 0) is 6.07 Å². The number of hydrogen-bond acceptors (Lipinski definition) is 4. The highest BCUT2D eigenvalue weighted by Gasteiger charge is 2.24. The summed E-state index contributed by atoms with van der Waals surface area (Å²) in [6, 6.07) is 2.94. The molecule has 1 atom stereocenters. The van der Waals surface area contributed by atoms with Crippen molar-refractivity contribution in [2.75, 3.05) is 26.3 Å². The van der Waals surface area contributed by atoms with Crippen molar-refractivity contribution in [3.05, 3.63) is 34.2 Å². The van der Waals surface area contributed by atoms with Crippen molar-refractivity contribution in [2.24, 2.45) is 7.05 Å². The van der Waals surface area contributed by atoms with Crippen molar-refractivity contribution in [1.82, 2.24) is 9.47 Å². The number of carbonyl (C=O) groups is 1. The summed E-state index contributed by atoms with van der Waals surface area (Å²) in [5.74, 6) is -0.200. The zero-order chi connectivity index (χ0) is 13.1. The Morgan fingerprint density at radius 2 is 2.39 bits per heavy atom. The van der Waals surface area contributed by atoms with Crippen LogP contribution in [0.1, 0.15) is 10.4 Å². The Morgan fingerprint density at radius 3 is 3.06 bits per heavy atom. The fraction of sp³-hybridized carbons (Fsp3) is 0.500. The molecule has 1 aliphatic rings. The van der Waals surface area contributed by atoms with Crippen molar-refractivity contribution < 1.29 is 14.6 Å². The van der Waals surface area contributed by atoms with E-state index < -0.39 is 0 Å². The predicted octanol–water partition coefficient (Wildman–Crippen LogP) is -0.781. The highest BCUT2D eigenvalue weighted by atomic mass is 16.5. The van der Waals surface area contributed by atoms with Gasteiger partial charge >= 0.3 is 0 Å². The van der Waals surface area contributed by atoms with Gasteiger partial charge in [0, 0.05) is 38.0 Å². The second-order valence-corrected chi connectivity index (χ2v) is 4.29. The van der Waals surface area contributed by atoms with Gasteiger partial charge in [0.1, 0.15) is 0 Å². The molecule has 0 bridgehead atoms. The zero-order valence-electron chi connectivity index (χ0n) is 10.2. The molecule has 18 heavy (non-hydrogen) atoms. The molecule has 1 aromatic heterocycles. The first-order chi connectivity index (χ1) is 8.61. The largest absolute Gasteiger partial charge is 0.394 e. The monoisotopic (exact) mass is 252 g/mol. The molecule has 2 rings (SSSR count). The Kier molecular flexibility index (Phi) is 3.78. The highest BCUT2D eigenvalue weighted by Crippen LogP contribution is 2.09. The molecule has 0 saturated carbocycles. The van der Waals surface area contributed by atoms with E-state index in [1.54, 1.807) is 24.2 Å². The van der Waals surface area contributed by atoms with Gasteiger partial charge in [-0.25, -0.2) is 0 Å². The summed E-state index contributed by atoms with van der Waals surface area (Å²) < 4.78 is 6.69. The van der Waals surface area contributed by atoms with Crippen LogP contribution >= 0.6 is 0 Å². The molecule has 0 radical (unpaired) electrons. The third kappa shape index (κ3) is 2.60. The molecule has 0 spiro atoms. The van der Waals surface area contributed by atoms with Crippen molar-refractivity contribution in [3.8, 4) is 0 Å².